The number of hydrogen-bond acceptors (Lipinski definition) is 7. The average molecular weight is 451 g/mol. The number of nitrogens with one attached hydrogen (secondary N) is 2. The van der Waals surface area contributed by atoms with Gasteiger partial charge in [-0.3, -0.25) is 4.72 Å². The van der Waals surface area contributed by atoms with Crippen molar-refractivity contribution in [3.63, 3.8) is 0 Å². The molecular formula is C23H22N4O4S. The number of para-hydroxylation sites is 2. The fraction of sp³-hybridized carbons (Fsp3) is 0.130. The Bertz CT molecular complexity index is 1390. The lowest BCUT2D eigenvalue weighted by molar-refractivity contribution is 0.355. The van der Waals surface area contributed by atoms with Crippen molar-refractivity contribution in [1.82, 2.24) is 9.97 Å². The molecule has 0 aliphatic heterocycles. The van der Waals surface area contributed by atoms with Gasteiger partial charge in [-0.05, 0) is 48.9 Å². The first-order valence-corrected chi connectivity index (χ1v) is 11.2. The van der Waals surface area contributed by atoms with Gasteiger partial charge in [-0.15, -0.1) is 0 Å². The highest BCUT2D eigenvalue weighted by atomic mass is 32.2. The van der Waals surface area contributed by atoms with Crippen LogP contribution in [0.2, 0.25) is 0 Å². The van der Waals surface area contributed by atoms with Crippen molar-refractivity contribution in [2.45, 2.75) is 11.8 Å². The third-order valence-electron chi connectivity index (χ3n) is 4.75. The van der Waals surface area contributed by atoms with Crippen molar-refractivity contribution in [1.29, 1.82) is 0 Å². The highest BCUT2D eigenvalue weighted by Crippen LogP contribution is 2.33. The van der Waals surface area contributed by atoms with Crippen molar-refractivity contribution in [3.05, 3.63) is 72.3 Å². The van der Waals surface area contributed by atoms with Gasteiger partial charge < -0.3 is 14.8 Å². The van der Waals surface area contributed by atoms with Gasteiger partial charge in [0.15, 0.2) is 23.1 Å². The second-order valence-corrected chi connectivity index (χ2v) is 8.71. The highest BCUT2D eigenvalue weighted by Gasteiger charge is 2.19. The van der Waals surface area contributed by atoms with Gasteiger partial charge in [0.1, 0.15) is 0 Å². The molecule has 0 saturated carbocycles. The van der Waals surface area contributed by atoms with Gasteiger partial charge in [-0.1, -0.05) is 24.3 Å². The molecule has 0 bridgehead atoms. The fourth-order valence-corrected chi connectivity index (χ4v) is 4.29. The van der Waals surface area contributed by atoms with E-state index >= 15 is 0 Å². The Labute approximate surface area is 186 Å². The summed E-state index contributed by atoms with van der Waals surface area (Å²) >= 11 is 0. The zero-order valence-electron chi connectivity index (χ0n) is 17.8. The minimum Gasteiger partial charge on any atom is -0.493 e. The largest absolute Gasteiger partial charge is 0.493 e. The normalized spacial score (nSPS) is 11.2. The van der Waals surface area contributed by atoms with E-state index in [9.17, 15) is 8.42 Å². The molecule has 164 valence electrons. The first-order valence-electron chi connectivity index (χ1n) is 9.75. The molecule has 0 spiro atoms. The number of aryl methyl sites for hydroxylation is 1. The third kappa shape index (κ3) is 4.42. The molecule has 1 aromatic heterocycles. The molecule has 0 unspecified atom stereocenters. The molecule has 32 heavy (non-hydrogen) atoms. The van der Waals surface area contributed by atoms with Gasteiger partial charge in [0, 0.05) is 11.8 Å². The molecule has 0 atom stereocenters. The van der Waals surface area contributed by atoms with Crippen LogP contribution in [0.3, 0.4) is 0 Å². The van der Waals surface area contributed by atoms with Crippen LogP contribution in [0.15, 0.2) is 71.6 Å². The second-order valence-electron chi connectivity index (χ2n) is 7.03. The van der Waals surface area contributed by atoms with Crippen LogP contribution in [-0.4, -0.2) is 32.6 Å². The molecular weight excluding hydrogens is 428 g/mol. The summed E-state index contributed by atoms with van der Waals surface area (Å²) in [5.74, 6) is 1.43. The van der Waals surface area contributed by atoms with Crippen molar-refractivity contribution >= 4 is 38.4 Å². The van der Waals surface area contributed by atoms with Crippen LogP contribution in [-0.2, 0) is 10.0 Å². The van der Waals surface area contributed by atoms with Crippen LogP contribution in [0.4, 0.5) is 17.3 Å². The molecule has 0 radical (unpaired) electrons. The number of benzene rings is 3. The summed E-state index contributed by atoms with van der Waals surface area (Å²) in [4.78, 5) is 9.24. The molecule has 0 fully saturated rings. The number of aromatic nitrogens is 2. The van der Waals surface area contributed by atoms with Gasteiger partial charge in [-0.2, -0.15) is 0 Å². The number of methoxy groups -OCH3 is 2. The predicted molar refractivity (Wildman–Crippen MR) is 124 cm³/mol. The van der Waals surface area contributed by atoms with E-state index in [1.807, 2.05) is 25.1 Å². The fourth-order valence-electron chi connectivity index (χ4n) is 3.18. The van der Waals surface area contributed by atoms with Gasteiger partial charge >= 0.3 is 0 Å². The lowest BCUT2D eigenvalue weighted by Crippen LogP contribution is -2.16. The Kier molecular flexibility index (Phi) is 5.83. The van der Waals surface area contributed by atoms with Crippen molar-refractivity contribution in [2.75, 3.05) is 24.3 Å². The number of sulfonamides is 1. The number of hydrogen-bond donors (Lipinski definition) is 2. The SMILES string of the molecule is COc1ccc(Nc2nc3ccccc3nc2NS(=O)(=O)c2cccc(C)c2)cc1OC. The lowest BCUT2D eigenvalue weighted by Gasteiger charge is -2.15. The average Bonchev–Trinajstić information content (AvgIpc) is 2.79. The van der Waals surface area contributed by atoms with E-state index in [4.69, 9.17) is 9.47 Å². The maximum atomic E-state index is 13.0. The van der Waals surface area contributed by atoms with Crippen LogP contribution in [0.1, 0.15) is 5.56 Å². The van der Waals surface area contributed by atoms with E-state index < -0.39 is 10.0 Å². The summed E-state index contributed by atoms with van der Waals surface area (Å²) in [6.45, 7) is 1.83. The first-order chi connectivity index (χ1) is 15.4. The van der Waals surface area contributed by atoms with E-state index in [2.05, 4.69) is 20.0 Å². The Morgan fingerprint density at radius 3 is 2.12 bits per heavy atom. The number of anilines is 3. The summed E-state index contributed by atoms with van der Waals surface area (Å²) < 4.78 is 39.3. The lowest BCUT2D eigenvalue weighted by atomic mass is 10.2. The summed E-state index contributed by atoms with van der Waals surface area (Å²) in [7, 11) is -0.786. The van der Waals surface area contributed by atoms with E-state index in [-0.39, 0.29) is 16.5 Å². The topological polar surface area (TPSA) is 102 Å². The van der Waals surface area contributed by atoms with Crippen LogP contribution in [0.5, 0.6) is 11.5 Å². The van der Waals surface area contributed by atoms with Crippen molar-refractivity contribution in [3.8, 4) is 11.5 Å². The monoisotopic (exact) mass is 450 g/mol. The minimum atomic E-state index is -3.88. The predicted octanol–water partition coefficient (Wildman–Crippen LogP) is 4.50. The van der Waals surface area contributed by atoms with Crippen LogP contribution in [0, 0.1) is 6.92 Å². The molecule has 1 heterocycles. The van der Waals surface area contributed by atoms with E-state index in [1.54, 1.807) is 56.7 Å². The molecule has 0 saturated heterocycles. The highest BCUT2D eigenvalue weighted by molar-refractivity contribution is 7.92. The molecule has 4 aromatic rings. The summed E-state index contributed by atoms with van der Waals surface area (Å²) in [5, 5.41) is 3.14. The zero-order chi connectivity index (χ0) is 22.7. The first kappa shape index (κ1) is 21.4. The summed E-state index contributed by atoms with van der Waals surface area (Å²) in [6, 6.07) is 19.1. The number of ether oxygens (including phenoxy) is 2. The van der Waals surface area contributed by atoms with Crippen molar-refractivity contribution < 1.29 is 17.9 Å². The summed E-state index contributed by atoms with van der Waals surface area (Å²) in [6.07, 6.45) is 0. The van der Waals surface area contributed by atoms with Gasteiger partial charge in [-0.25, -0.2) is 18.4 Å². The number of rotatable bonds is 7. The number of fused-ring (bicyclic) bond motifs is 1. The Morgan fingerprint density at radius 1 is 0.781 bits per heavy atom. The molecule has 8 nitrogen and oxygen atoms in total. The smallest absolute Gasteiger partial charge is 0.263 e. The molecule has 0 aliphatic carbocycles. The van der Waals surface area contributed by atoms with E-state index in [0.717, 1.165) is 5.56 Å². The maximum absolute atomic E-state index is 13.0. The molecule has 0 amide bonds. The van der Waals surface area contributed by atoms with Crippen molar-refractivity contribution in [2.24, 2.45) is 0 Å². The second kappa shape index (κ2) is 8.72. The summed E-state index contributed by atoms with van der Waals surface area (Å²) in [5.41, 5.74) is 2.64. The van der Waals surface area contributed by atoms with Crippen LogP contribution in [0.25, 0.3) is 11.0 Å². The molecule has 3 aromatic carbocycles. The van der Waals surface area contributed by atoms with E-state index in [0.29, 0.717) is 28.2 Å². The van der Waals surface area contributed by atoms with Crippen LogP contribution >= 0.6 is 0 Å². The molecule has 2 N–H and O–H groups in total. The molecule has 4 rings (SSSR count). The van der Waals surface area contributed by atoms with Crippen LogP contribution < -0.4 is 19.5 Å². The molecule has 9 heteroatoms. The quantitative estimate of drug-likeness (QED) is 0.427. The Morgan fingerprint density at radius 2 is 1.47 bits per heavy atom. The van der Waals surface area contributed by atoms with Gasteiger partial charge in [0.2, 0.25) is 0 Å². The standard InChI is InChI=1S/C23H22N4O4S/c1-15-7-6-8-17(13-15)32(28,29)27-23-22(25-18-9-4-5-10-19(18)26-23)24-16-11-12-20(30-2)21(14-16)31-3/h4-14H,1-3H3,(H,24,25)(H,26,27). The maximum Gasteiger partial charge on any atom is 0.263 e. The minimum absolute atomic E-state index is 0.0833. The Balaban J connectivity index is 1.77. The Hall–Kier alpha value is -3.85. The third-order valence-corrected chi connectivity index (χ3v) is 6.08. The molecule has 0 aliphatic rings. The number of nitrogens with zero attached hydrogens (tertiary/aromatic N) is 2. The van der Waals surface area contributed by atoms with E-state index in [1.165, 1.54) is 6.07 Å². The zero-order valence-corrected chi connectivity index (χ0v) is 18.6. The van der Waals surface area contributed by atoms with Gasteiger partial charge in [0.05, 0.1) is 30.1 Å². The van der Waals surface area contributed by atoms with Gasteiger partial charge in [0.25, 0.3) is 10.0 Å².